The summed E-state index contributed by atoms with van der Waals surface area (Å²) in [6.45, 7) is 5.01. The standard InChI is InChI=1S/C12H26N2O2S/c1-11(9-13-3)17(15,16)14-10-12(2)7-5-4-6-8-12/h11,13-14H,4-10H2,1-3H3. The zero-order valence-electron chi connectivity index (χ0n) is 11.3. The van der Waals surface area contributed by atoms with Gasteiger partial charge in [0.15, 0.2) is 0 Å². The van der Waals surface area contributed by atoms with Gasteiger partial charge in [0.25, 0.3) is 0 Å². The molecular weight excluding hydrogens is 236 g/mol. The largest absolute Gasteiger partial charge is 0.318 e. The molecule has 0 saturated heterocycles. The maximum Gasteiger partial charge on any atom is 0.215 e. The van der Waals surface area contributed by atoms with Gasteiger partial charge in [-0.25, -0.2) is 13.1 Å². The number of sulfonamides is 1. The average molecular weight is 262 g/mol. The summed E-state index contributed by atoms with van der Waals surface area (Å²) in [4.78, 5) is 0. The van der Waals surface area contributed by atoms with Crippen LogP contribution in [0, 0.1) is 5.41 Å². The molecule has 1 fully saturated rings. The predicted octanol–water partition coefficient (Wildman–Crippen LogP) is 1.48. The first-order valence-electron chi connectivity index (χ1n) is 6.53. The lowest BCUT2D eigenvalue weighted by atomic mass is 9.76. The van der Waals surface area contributed by atoms with Gasteiger partial charge in [0.1, 0.15) is 0 Å². The molecule has 0 radical (unpaired) electrons. The van der Waals surface area contributed by atoms with Crippen LogP contribution in [0.25, 0.3) is 0 Å². The van der Waals surface area contributed by atoms with Gasteiger partial charge >= 0.3 is 0 Å². The second kappa shape index (κ2) is 6.16. The number of rotatable bonds is 6. The van der Waals surface area contributed by atoms with E-state index < -0.39 is 10.0 Å². The van der Waals surface area contributed by atoms with Gasteiger partial charge in [0.2, 0.25) is 10.0 Å². The van der Waals surface area contributed by atoms with Crippen LogP contribution in [0.15, 0.2) is 0 Å². The van der Waals surface area contributed by atoms with E-state index in [-0.39, 0.29) is 10.7 Å². The Hall–Kier alpha value is -0.130. The lowest BCUT2D eigenvalue weighted by Gasteiger charge is -2.34. The van der Waals surface area contributed by atoms with Crippen molar-refractivity contribution in [3.05, 3.63) is 0 Å². The lowest BCUT2D eigenvalue weighted by Crippen LogP contribution is -2.43. The van der Waals surface area contributed by atoms with Gasteiger partial charge in [-0.15, -0.1) is 0 Å². The minimum atomic E-state index is -3.17. The van der Waals surface area contributed by atoms with Crippen LogP contribution in [0.5, 0.6) is 0 Å². The molecule has 0 amide bonds. The van der Waals surface area contributed by atoms with E-state index in [1.807, 2.05) is 0 Å². The van der Waals surface area contributed by atoms with Gasteiger partial charge in [-0.05, 0) is 32.2 Å². The van der Waals surface area contributed by atoms with Crippen molar-refractivity contribution in [3.63, 3.8) is 0 Å². The van der Waals surface area contributed by atoms with Gasteiger partial charge < -0.3 is 5.32 Å². The second-order valence-electron chi connectivity index (χ2n) is 5.61. The van der Waals surface area contributed by atoms with Crippen molar-refractivity contribution in [1.82, 2.24) is 10.0 Å². The quantitative estimate of drug-likeness (QED) is 0.762. The molecule has 1 atom stereocenters. The molecule has 1 saturated carbocycles. The first-order chi connectivity index (χ1) is 7.90. The van der Waals surface area contributed by atoms with E-state index in [0.29, 0.717) is 13.1 Å². The zero-order valence-corrected chi connectivity index (χ0v) is 12.1. The molecule has 0 spiro atoms. The maximum atomic E-state index is 12.0. The number of hydrogen-bond acceptors (Lipinski definition) is 3. The molecule has 5 heteroatoms. The molecule has 1 rings (SSSR count). The molecule has 102 valence electrons. The van der Waals surface area contributed by atoms with Gasteiger partial charge in [0.05, 0.1) is 5.25 Å². The molecular formula is C12H26N2O2S. The van der Waals surface area contributed by atoms with E-state index in [0.717, 1.165) is 12.8 Å². The van der Waals surface area contributed by atoms with E-state index in [1.165, 1.54) is 19.3 Å². The monoisotopic (exact) mass is 262 g/mol. The summed E-state index contributed by atoms with van der Waals surface area (Å²) in [6, 6.07) is 0. The van der Waals surface area contributed by atoms with Crippen molar-refractivity contribution in [2.24, 2.45) is 5.41 Å². The molecule has 0 bridgehead atoms. The smallest absolute Gasteiger partial charge is 0.215 e. The van der Waals surface area contributed by atoms with Gasteiger partial charge in [-0.2, -0.15) is 0 Å². The van der Waals surface area contributed by atoms with E-state index in [1.54, 1.807) is 14.0 Å². The fourth-order valence-corrected chi connectivity index (χ4v) is 3.62. The summed E-state index contributed by atoms with van der Waals surface area (Å²) in [7, 11) is -1.40. The molecule has 0 aromatic carbocycles. The Morgan fingerprint density at radius 3 is 2.35 bits per heavy atom. The number of nitrogens with one attached hydrogen (secondary N) is 2. The van der Waals surface area contributed by atoms with Crippen LogP contribution in [-0.2, 0) is 10.0 Å². The summed E-state index contributed by atoms with van der Waals surface area (Å²) in [5, 5.41) is 2.53. The summed E-state index contributed by atoms with van der Waals surface area (Å²) in [6.07, 6.45) is 6.01. The second-order valence-corrected chi connectivity index (χ2v) is 7.79. The predicted molar refractivity (Wildman–Crippen MR) is 71.5 cm³/mol. The molecule has 0 aliphatic heterocycles. The summed E-state index contributed by atoms with van der Waals surface area (Å²) in [5.74, 6) is 0. The maximum absolute atomic E-state index is 12.0. The van der Waals surface area contributed by atoms with E-state index in [4.69, 9.17) is 0 Å². The van der Waals surface area contributed by atoms with E-state index in [9.17, 15) is 8.42 Å². The first kappa shape index (κ1) is 14.9. The molecule has 0 aromatic heterocycles. The van der Waals surface area contributed by atoms with Gasteiger partial charge in [0, 0.05) is 13.1 Å². The van der Waals surface area contributed by atoms with Crippen LogP contribution in [0.4, 0.5) is 0 Å². The van der Waals surface area contributed by atoms with Crippen molar-refractivity contribution in [2.75, 3.05) is 20.1 Å². The Labute approximate surface area is 106 Å². The molecule has 1 aliphatic rings. The minimum absolute atomic E-state index is 0.157. The molecule has 0 aromatic rings. The lowest BCUT2D eigenvalue weighted by molar-refractivity contribution is 0.219. The third-order valence-corrected chi connectivity index (χ3v) is 5.55. The highest BCUT2D eigenvalue weighted by Crippen LogP contribution is 2.35. The van der Waals surface area contributed by atoms with Crippen molar-refractivity contribution < 1.29 is 8.42 Å². The van der Waals surface area contributed by atoms with E-state index in [2.05, 4.69) is 17.0 Å². The Bertz CT molecular complexity index is 321. The van der Waals surface area contributed by atoms with Crippen LogP contribution in [0.1, 0.15) is 46.0 Å². The van der Waals surface area contributed by atoms with Crippen LogP contribution < -0.4 is 10.0 Å². The van der Waals surface area contributed by atoms with Gasteiger partial charge in [-0.1, -0.05) is 26.2 Å². The number of hydrogen-bond donors (Lipinski definition) is 2. The van der Waals surface area contributed by atoms with E-state index >= 15 is 0 Å². The molecule has 1 aliphatic carbocycles. The van der Waals surface area contributed by atoms with Crippen LogP contribution in [-0.4, -0.2) is 33.8 Å². The fourth-order valence-electron chi connectivity index (χ4n) is 2.40. The topological polar surface area (TPSA) is 58.2 Å². The van der Waals surface area contributed by atoms with Crippen LogP contribution in [0.2, 0.25) is 0 Å². The summed E-state index contributed by atoms with van der Waals surface area (Å²) >= 11 is 0. The highest BCUT2D eigenvalue weighted by atomic mass is 32.2. The molecule has 1 unspecified atom stereocenters. The third-order valence-electron chi connectivity index (χ3n) is 3.78. The third kappa shape index (κ3) is 4.56. The Balaban J connectivity index is 2.48. The summed E-state index contributed by atoms with van der Waals surface area (Å²) < 4.78 is 26.7. The van der Waals surface area contributed by atoms with Crippen molar-refractivity contribution in [1.29, 1.82) is 0 Å². The Morgan fingerprint density at radius 1 is 1.24 bits per heavy atom. The molecule has 17 heavy (non-hydrogen) atoms. The van der Waals surface area contributed by atoms with Gasteiger partial charge in [-0.3, -0.25) is 0 Å². The van der Waals surface area contributed by atoms with Crippen molar-refractivity contribution >= 4 is 10.0 Å². The Kier molecular flexibility index (Phi) is 5.41. The Morgan fingerprint density at radius 2 is 1.82 bits per heavy atom. The first-order valence-corrected chi connectivity index (χ1v) is 8.07. The minimum Gasteiger partial charge on any atom is -0.318 e. The summed E-state index contributed by atoms with van der Waals surface area (Å²) in [5.41, 5.74) is 0.157. The van der Waals surface area contributed by atoms with Crippen LogP contribution >= 0.6 is 0 Å². The highest BCUT2D eigenvalue weighted by Gasteiger charge is 2.29. The highest BCUT2D eigenvalue weighted by molar-refractivity contribution is 7.90. The molecule has 4 nitrogen and oxygen atoms in total. The van der Waals surface area contributed by atoms with Crippen molar-refractivity contribution in [2.45, 2.75) is 51.2 Å². The zero-order chi connectivity index (χ0) is 12.9. The SMILES string of the molecule is CNCC(C)S(=O)(=O)NCC1(C)CCCCC1. The average Bonchev–Trinajstić information content (AvgIpc) is 2.28. The molecule has 0 heterocycles. The van der Waals surface area contributed by atoms with Crippen LogP contribution in [0.3, 0.4) is 0 Å². The fraction of sp³-hybridized carbons (Fsp3) is 1.00. The molecule has 2 N–H and O–H groups in total. The van der Waals surface area contributed by atoms with Crippen molar-refractivity contribution in [3.8, 4) is 0 Å². The normalized spacial score (nSPS) is 22.3.